The Morgan fingerprint density at radius 3 is 1.86 bits per heavy atom. The minimum absolute atomic E-state index is 0.0134. The van der Waals surface area contributed by atoms with E-state index in [4.69, 9.17) is 9.47 Å². The fourth-order valence-corrected chi connectivity index (χ4v) is 3.37. The molecule has 0 aromatic heterocycles. The van der Waals surface area contributed by atoms with Gasteiger partial charge in [0.1, 0.15) is 6.79 Å². The molecule has 0 radical (unpaired) electrons. The molecular weight excluding hydrogens is 348 g/mol. The van der Waals surface area contributed by atoms with Crippen LogP contribution in [-0.4, -0.2) is 18.0 Å². The normalized spacial score (nSPS) is 14.4. The molecule has 0 aliphatic carbocycles. The van der Waals surface area contributed by atoms with Crippen LogP contribution in [0.4, 0.5) is 0 Å². The first-order valence-electron chi connectivity index (χ1n) is 9.75. The van der Waals surface area contributed by atoms with Gasteiger partial charge in [-0.15, -0.1) is 0 Å². The summed E-state index contributed by atoms with van der Waals surface area (Å²) >= 11 is 0. The van der Waals surface area contributed by atoms with Gasteiger partial charge in [0, 0.05) is 5.92 Å². The number of hydrogen-bond acceptors (Lipinski definition) is 3. The van der Waals surface area contributed by atoms with Gasteiger partial charge >= 0.3 is 0 Å². The van der Waals surface area contributed by atoms with Gasteiger partial charge in [-0.1, -0.05) is 91.0 Å². The number of aliphatic hydroxyl groups is 1. The zero-order valence-corrected chi connectivity index (χ0v) is 16.3. The molecule has 0 saturated carbocycles. The zero-order valence-electron chi connectivity index (χ0n) is 16.3. The molecule has 3 heteroatoms. The highest BCUT2D eigenvalue weighted by molar-refractivity contribution is 5.23. The van der Waals surface area contributed by atoms with E-state index in [1.54, 1.807) is 0 Å². The summed E-state index contributed by atoms with van der Waals surface area (Å²) in [5.41, 5.74) is 3.33. The van der Waals surface area contributed by atoms with E-state index in [0.29, 0.717) is 13.0 Å². The first-order chi connectivity index (χ1) is 13.7. The van der Waals surface area contributed by atoms with Crippen LogP contribution in [0.1, 0.15) is 42.1 Å². The van der Waals surface area contributed by atoms with Crippen LogP contribution < -0.4 is 0 Å². The van der Waals surface area contributed by atoms with Crippen molar-refractivity contribution in [2.24, 2.45) is 0 Å². The monoisotopic (exact) mass is 376 g/mol. The second-order valence-corrected chi connectivity index (χ2v) is 7.01. The van der Waals surface area contributed by atoms with Gasteiger partial charge in [-0.25, -0.2) is 0 Å². The van der Waals surface area contributed by atoms with E-state index in [1.165, 1.54) is 0 Å². The SMILES string of the molecule is CC(O)[C@H](C[C@@H](OCOCc1ccccc1)c1ccccc1)c1ccccc1. The number of ether oxygens (including phenoxy) is 2. The van der Waals surface area contributed by atoms with Gasteiger partial charge in [0.05, 0.1) is 18.8 Å². The van der Waals surface area contributed by atoms with Gasteiger partial charge in [0.2, 0.25) is 0 Å². The average molecular weight is 376 g/mol. The van der Waals surface area contributed by atoms with Crippen molar-refractivity contribution in [2.75, 3.05) is 6.79 Å². The first-order valence-corrected chi connectivity index (χ1v) is 9.75. The van der Waals surface area contributed by atoms with Crippen LogP contribution in [0.3, 0.4) is 0 Å². The van der Waals surface area contributed by atoms with Crippen LogP contribution in [0.25, 0.3) is 0 Å². The first kappa shape index (κ1) is 20.3. The van der Waals surface area contributed by atoms with E-state index in [0.717, 1.165) is 16.7 Å². The highest BCUT2D eigenvalue weighted by Crippen LogP contribution is 2.33. The molecule has 3 aromatic carbocycles. The maximum Gasteiger partial charge on any atom is 0.148 e. The van der Waals surface area contributed by atoms with Crippen molar-refractivity contribution in [3.05, 3.63) is 108 Å². The Labute approximate surface area is 167 Å². The van der Waals surface area contributed by atoms with Crippen LogP contribution in [0.2, 0.25) is 0 Å². The summed E-state index contributed by atoms with van der Waals surface area (Å²) in [7, 11) is 0. The van der Waals surface area contributed by atoms with Crippen molar-refractivity contribution in [3.8, 4) is 0 Å². The summed E-state index contributed by atoms with van der Waals surface area (Å²) < 4.78 is 11.9. The lowest BCUT2D eigenvalue weighted by atomic mass is 9.87. The third-order valence-electron chi connectivity index (χ3n) is 4.91. The van der Waals surface area contributed by atoms with E-state index < -0.39 is 6.10 Å². The Bertz CT molecular complexity index is 788. The summed E-state index contributed by atoms with van der Waals surface area (Å²) in [6.07, 6.45) is 0.0552. The van der Waals surface area contributed by atoms with Crippen molar-refractivity contribution in [2.45, 2.75) is 38.1 Å². The van der Waals surface area contributed by atoms with Gasteiger partial charge in [0.25, 0.3) is 0 Å². The molecule has 0 saturated heterocycles. The zero-order chi connectivity index (χ0) is 19.6. The number of rotatable bonds is 10. The Morgan fingerprint density at radius 2 is 1.29 bits per heavy atom. The number of hydrogen-bond donors (Lipinski definition) is 1. The van der Waals surface area contributed by atoms with Crippen molar-refractivity contribution in [3.63, 3.8) is 0 Å². The molecule has 28 heavy (non-hydrogen) atoms. The van der Waals surface area contributed by atoms with Crippen molar-refractivity contribution < 1.29 is 14.6 Å². The van der Waals surface area contributed by atoms with Gasteiger partial charge < -0.3 is 14.6 Å². The molecule has 1 unspecified atom stereocenters. The lowest BCUT2D eigenvalue weighted by Crippen LogP contribution is -2.20. The molecule has 3 atom stereocenters. The lowest BCUT2D eigenvalue weighted by molar-refractivity contribution is -0.103. The summed E-state index contributed by atoms with van der Waals surface area (Å²) in [4.78, 5) is 0. The minimum atomic E-state index is -0.470. The van der Waals surface area contributed by atoms with Gasteiger partial charge in [0.15, 0.2) is 0 Å². The highest BCUT2D eigenvalue weighted by Gasteiger charge is 2.24. The highest BCUT2D eigenvalue weighted by atomic mass is 16.7. The van der Waals surface area contributed by atoms with E-state index in [-0.39, 0.29) is 18.8 Å². The molecule has 146 valence electrons. The number of benzene rings is 3. The predicted molar refractivity (Wildman–Crippen MR) is 112 cm³/mol. The Hall–Kier alpha value is -2.46. The largest absolute Gasteiger partial charge is 0.393 e. The van der Waals surface area contributed by atoms with E-state index >= 15 is 0 Å². The maximum absolute atomic E-state index is 10.4. The van der Waals surface area contributed by atoms with E-state index in [9.17, 15) is 5.11 Å². The molecular formula is C25H28O3. The summed E-state index contributed by atoms with van der Waals surface area (Å²) in [6, 6.07) is 30.3. The maximum atomic E-state index is 10.4. The molecule has 0 fully saturated rings. The third kappa shape index (κ3) is 6.03. The van der Waals surface area contributed by atoms with Crippen molar-refractivity contribution in [1.82, 2.24) is 0 Å². The molecule has 0 spiro atoms. The van der Waals surface area contributed by atoms with Gasteiger partial charge in [-0.2, -0.15) is 0 Å². The van der Waals surface area contributed by atoms with Gasteiger partial charge in [-0.05, 0) is 30.0 Å². The van der Waals surface area contributed by atoms with Crippen LogP contribution in [-0.2, 0) is 16.1 Å². The Balaban J connectivity index is 1.66. The molecule has 3 rings (SSSR count). The minimum Gasteiger partial charge on any atom is -0.393 e. The van der Waals surface area contributed by atoms with E-state index in [1.807, 2.05) is 73.7 Å². The molecule has 3 aromatic rings. The molecule has 1 N–H and O–H groups in total. The fourth-order valence-electron chi connectivity index (χ4n) is 3.37. The standard InChI is InChI=1S/C25H28O3/c1-20(26)24(22-13-7-3-8-14-22)17-25(23-15-9-4-10-16-23)28-19-27-18-21-11-5-2-6-12-21/h2-16,20,24-26H,17-19H2,1H3/t20?,24-,25+/m0/s1. The Kier molecular flexibility index (Phi) is 7.80. The van der Waals surface area contributed by atoms with Crippen LogP contribution in [0.15, 0.2) is 91.0 Å². The van der Waals surface area contributed by atoms with Crippen LogP contribution in [0, 0.1) is 0 Å². The molecule has 0 bridgehead atoms. The fraction of sp³-hybridized carbons (Fsp3) is 0.280. The Morgan fingerprint density at radius 1 is 0.750 bits per heavy atom. The molecule has 0 aliphatic rings. The summed E-state index contributed by atoms with van der Waals surface area (Å²) in [5.74, 6) is -0.0134. The lowest BCUT2D eigenvalue weighted by Gasteiger charge is -2.26. The molecule has 3 nitrogen and oxygen atoms in total. The van der Waals surface area contributed by atoms with Crippen molar-refractivity contribution in [1.29, 1.82) is 0 Å². The van der Waals surface area contributed by atoms with E-state index in [2.05, 4.69) is 24.3 Å². The molecule has 0 amide bonds. The molecule has 0 aliphatic heterocycles. The van der Waals surface area contributed by atoms with Crippen LogP contribution >= 0.6 is 0 Å². The average Bonchev–Trinajstić information content (AvgIpc) is 2.75. The summed E-state index contributed by atoms with van der Waals surface area (Å²) in [6.45, 7) is 2.56. The quantitative estimate of drug-likeness (QED) is 0.376. The van der Waals surface area contributed by atoms with Crippen LogP contribution in [0.5, 0.6) is 0 Å². The second-order valence-electron chi connectivity index (χ2n) is 7.01. The second kappa shape index (κ2) is 10.8. The summed E-state index contributed by atoms with van der Waals surface area (Å²) in [5, 5.41) is 10.4. The number of aliphatic hydroxyl groups excluding tert-OH is 1. The predicted octanol–water partition coefficient (Wildman–Crippen LogP) is 5.47. The van der Waals surface area contributed by atoms with Gasteiger partial charge in [-0.3, -0.25) is 0 Å². The third-order valence-corrected chi connectivity index (χ3v) is 4.91. The smallest absolute Gasteiger partial charge is 0.148 e. The molecule has 0 heterocycles. The topological polar surface area (TPSA) is 38.7 Å². The van der Waals surface area contributed by atoms with Crippen molar-refractivity contribution >= 4 is 0 Å².